The van der Waals surface area contributed by atoms with Gasteiger partial charge in [-0.3, -0.25) is 0 Å². The smallest absolute Gasteiger partial charge is 0.0550 e. The van der Waals surface area contributed by atoms with Crippen LogP contribution in [-0.2, 0) is 0 Å². The summed E-state index contributed by atoms with van der Waals surface area (Å²) in [5.41, 5.74) is 1.26. The number of rotatable bonds is 5. The fourth-order valence-electron chi connectivity index (χ4n) is 10.4. The summed E-state index contributed by atoms with van der Waals surface area (Å²) < 4.78 is 0. The molecule has 0 aromatic carbocycles. The average molecular weight is 417 g/mol. The molecule has 0 amide bonds. The normalized spacial score (nSPS) is 48.7. The monoisotopic (exact) mass is 416 g/mol. The molecule has 0 heterocycles. The molecule has 0 aliphatic heterocycles. The molecule has 4 aliphatic rings. The van der Waals surface area contributed by atoms with E-state index in [9.17, 15) is 5.11 Å². The maximum absolute atomic E-state index is 10.8. The van der Waals surface area contributed by atoms with Crippen molar-refractivity contribution in [3.05, 3.63) is 0 Å². The van der Waals surface area contributed by atoms with Crippen molar-refractivity contribution in [1.82, 2.24) is 0 Å². The highest BCUT2D eigenvalue weighted by Gasteiger charge is 2.63. The molecule has 30 heavy (non-hydrogen) atoms. The maximum Gasteiger partial charge on any atom is 0.0550 e. The molecule has 0 spiro atoms. The van der Waals surface area contributed by atoms with E-state index in [4.69, 9.17) is 0 Å². The summed E-state index contributed by atoms with van der Waals surface area (Å²) in [7, 11) is 0. The number of fused-ring (bicyclic) bond motifs is 5. The Balaban J connectivity index is 1.51. The first-order valence-corrected chi connectivity index (χ1v) is 13.7. The molecule has 4 fully saturated rings. The fraction of sp³-hybridized carbons (Fsp3) is 1.00. The number of aliphatic hydroxyl groups excluding tert-OH is 1. The minimum absolute atomic E-state index is 0.0781. The Kier molecular flexibility index (Phi) is 6.22. The Morgan fingerprint density at radius 1 is 0.800 bits per heavy atom. The highest BCUT2D eigenvalue weighted by molar-refractivity contribution is 5.12. The van der Waals surface area contributed by atoms with Crippen LogP contribution >= 0.6 is 0 Å². The van der Waals surface area contributed by atoms with Gasteiger partial charge in [0.15, 0.2) is 0 Å². The minimum atomic E-state index is -0.0781. The zero-order chi connectivity index (χ0) is 21.9. The topological polar surface area (TPSA) is 20.2 Å². The molecule has 4 saturated carbocycles. The van der Waals surface area contributed by atoms with Crippen LogP contribution in [0.2, 0.25) is 0 Å². The number of hydrogen-bond donors (Lipinski definition) is 1. The fourth-order valence-corrected chi connectivity index (χ4v) is 10.4. The largest absolute Gasteiger partial charge is 0.393 e. The summed E-state index contributed by atoms with van der Waals surface area (Å²) in [5, 5.41) is 10.8. The lowest BCUT2D eigenvalue weighted by molar-refractivity contribution is -0.170. The zero-order valence-corrected chi connectivity index (χ0v) is 21.3. The van der Waals surface area contributed by atoms with Crippen molar-refractivity contribution in [2.24, 2.45) is 57.7 Å². The third kappa shape index (κ3) is 3.72. The molecular formula is C29H52O. The van der Waals surface area contributed by atoms with Crippen LogP contribution in [0.3, 0.4) is 0 Å². The molecule has 4 aliphatic carbocycles. The molecule has 1 nitrogen and oxygen atoms in total. The predicted molar refractivity (Wildman–Crippen MR) is 128 cm³/mol. The van der Waals surface area contributed by atoms with Gasteiger partial charge in [0, 0.05) is 0 Å². The van der Waals surface area contributed by atoms with Crippen LogP contribution in [0.5, 0.6) is 0 Å². The molecule has 174 valence electrons. The summed E-state index contributed by atoms with van der Waals surface area (Å²) in [4.78, 5) is 0. The Morgan fingerprint density at radius 3 is 2.20 bits per heavy atom. The van der Waals surface area contributed by atoms with E-state index in [1.807, 2.05) is 0 Å². The molecule has 1 heteroatoms. The number of hydrogen-bond acceptors (Lipinski definition) is 1. The highest BCUT2D eigenvalue weighted by Crippen LogP contribution is 2.70. The van der Waals surface area contributed by atoms with Gasteiger partial charge in [-0.2, -0.15) is 0 Å². The van der Waals surface area contributed by atoms with Crippen molar-refractivity contribution in [2.75, 3.05) is 0 Å². The van der Waals surface area contributed by atoms with Gasteiger partial charge in [-0.1, -0.05) is 67.7 Å². The van der Waals surface area contributed by atoms with Crippen molar-refractivity contribution in [3.63, 3.8) is 0 Å². The van der Waals surface area contributed by atoms with Crippen molar-refractivity contribution < 1.29 is 5.11 Å². The second-order valence-electron chi connectivity index (χ2n) is 14.1. The van der Waals surface area contributed by atoms with Crippen molar-refractivity contribution in [2.45, 2.75) is 125 Å². The molecule has 0 saturated heterocycles. The summed E-state index contributed by atoms with van der Waals surface area (Å²) in [6.07, 6.45) is 15.0. The van der Waals surface area contributed by atoms with E-state index in [0.717, 1.165) is 54.3 Å². The van der Waals surface area contributed by atoms with Crippen molar-refractivity contribution in [1.29, 1.82) is 0 Å². The average Bonchev–Trinajstić information content (AvgIpc) is 2.97. The van der Waals surface area contributed by atoms with Gasteiger partial charge in [0.25, 0.3) is 0 Å². The number of aliphatic hydroxyl groups is 1. The lowest BCUT2D eigenvalue weighted by atomic mass is 9.41. The molecule has 4 rings (SSSR count). The van der Waals surface area contributed by atoms with Gasteiger partial charge in [0.1, 0.15) is 0 Å². The summed E-state index contributed by atoms with van der Waals surface area (Å²) in [6, 6.07) is 0. The van der Waals surface area contributed by atoms with E-state index in [1.54, 1.807) is 0 Å². The van der Waals surface area contributed by atoms with Crippen LogP contribution in [0.25, 0.3) is 0 Å². The summed E-state index contributed by atoms with van der Waals surface area (Å²) in [6.45, 7) is 17.5. The highest BCUT2D eigenvalue weighted by atomic mass is 16.3. The van der Waals surface area contributed by atoms with Crippen LogP contribution in [0, 0.1) is 57.7 Å². The second kappa shape index (κ2) is 8.07. The third-order valence-electron chi connectivity index (χ3n) is 11.5. The standard InChI is InChI=1S/C29H52O/c1-19(2)9-8-10-20(3)23-12-13-24-22-11-14-26-27(4,5)17-21(30)18-29(26,7)25(22)15-16-28(23,24)6/h19-26,30H,8-18H2,1-7H3/t20-,21-,22+,23-,24+,25+,26+,28-,29-/m1/s1. The Labute approximate surface area is 188 Å². The molecule has 0 bridgehead atoms. The first-order chi connectivity index (χ1) is 14.0. The van der Waals surface area contributed by atoms with Gasteiger partial charge in [0.2, 0.25) is 0 Å². The first kappa shape index (κ1) is 23.1. The lowest BCUT2D eigenvalue weighted by Crippen LogP contribution is -2.58. The molecule has 0 aromatic heterocycles. The van der Waals surface area contributed by atoms with E-state index in [2.05, 4.69) is 48.5 Å². The Morgan fingerprint density at radius 2 is 1.50 bits per heavy atom. The zero-order valence-electron chi connectivity index (χ0n) is 21.3. The summed E-state index contributed by atoms with van der Waals surface area (Å²) >= 11 is 0. The van der Waals surface area contributed by atoms with Crippen LogP contribution in [0.15, 0.2) is 0 Å². The van der Waals surface area contributed by atoms with Crippen LogP contribution in [0.4, 0.5) is 0 Å². The lowest BCUT2D eigenvalue weighted by Gasteiger charge is -2.64. The molecular weight excluding hydrogens is 364 g/mol. The molecule has 0 aromatic rings. The Bertz CT molecular complexity index is 607. The van der Waals surface area contributed by atoms with Gasteiger partial charge >= 0.3 is 0 Å². The van der Waals surface area contributed by atoms with Gasteiger partial charge < -0.3 is 5.11 Å². The van der Waals surface area contributed by atoms with Gasteiger partial charge in [0.05, 0.1) is 6.10 Å². The van der Waals surface area contributed by atoms with Crippen LogP contribution in [-0.4, -0.2) is 11.2 Å². The second-order valence-corrected chi connectivity index (χ2v) is 14.1. The SMILES string of the molecule is CC(C)CCC[C@@H](C)[C@H]1CC[C@H]2[C@@H]3CC[C@H]4C(C)(C)C[C@@H](O)C[C@]4(C)[C@H]3CC[C@]12C. The maximum atomic E-state index is 10.8. The Hall–Kier alpha value is -0.0400. The summed E-state index contributed by atoms with van der Waals surface area (Å²) in [5.74, 6) is 6.26. The quantitative estimate of drug-likeness (QED) is 0.480. The van der Waals surface area contributed by atoms with Gasteiger partial charge in [-0.05, 0) is 109 Å². The third-order valence-corrected chi connectivity index (χ3v) is 11.5. The molecule has 1 N–H and O–H groups in total. The van der Waals surface area contributed by atoms with E-state index >= 15 is 0 Å². The van der Waals surface area contributed by atoms with Gasteiger partial charge in [-0.15, -0.1) is 0 Å². The molecule has 0 radical (unpaired) electrons. The van der Waals surface area contributed by atoms with E-state index in [0.29, 0.717) is 16.2 Å². The first-order valence-electron chi connectivity index (χ1n) is 13.7. The molecule has 0 unspecified atom stereocenters. The molecule has 9 atom stereocenters. The predicted octanol–water partition coefficient (Wildman–Crippen LogP) is 8.10. The van der Waals surface area contributed by atoms with E-state index < -0.39 is 0 Å². The van der Waals surface area contributed by atoms with E-state index in [1.165, 1.54) is 57.8 Å². The van der Waals surface area contributed by atoms with E-state index in [-0.39, 0.29) is 6.10 Å². The van der Waals surface area contributed by atoms with Crippen LogP contribution < -0.4 is 0 Å². The van der Waals surface area contributed by atoms with Crippen molar-refractivity contribution >= 4 is 0 Å². The van der Waals surface area contributed by atoms with Gasteiger partial charge in [-0.25, -0.2) is 0 Å². The minimum Gasteiger partial charge on any atom is -0.393 e. The van der Waals surface area contributed by atoms with Crippen molar-refractivity contribution in [3.8, 4) is 0 Å². The van der Waals surface area contributed by atoms with Crippen LogP contribution in [0.1, 0.15) is 119 Å².